The molecule has 11 heteroatoms. The van der Waals surface area contributed by atoms with Crippen LogP contribution >= 0.6 is 111 Å². The Labute approximate surface area is 181 Å². The van der Waals surface area contributed by atoms with Gasteiger partial charge in [-0.25, -0.2) is 0 Å². The van der Waals surface area contributed by atoms with Crippen molar-refractivity contribution in [3.05, 3.63) is 35.9 Å². The number of rotatable bonds is 0. The average Bonchev–Trinajstić information content (AvgIpc) is 2.18. The molecule has 0 saturated heterocycles. The number of aryl methyl sites for hydroxylation is 1. The first-order valence-corrected chi connectivity index (χ1v) is 30.9. The van der Waals surface area contributed by atoms with Crippen molar-refractivity contribution in [2.45, 2.75) is 6.92 Å². The van der Waals surface area contributed by atoms with E-state index in [1.807, 2.05) is 18.2 Å². The van der Waals surface area contributed by atoms with E-state index in [-0.39, 0.29) is 15.0 Å². The quantitative estimate of drug-likeness (QED) is 0.233. The maximum atomic E-state index is 3.24. The summed E-state index contributed by atoms with van der Waals surface area (Å²) in [6.45, 7) is 2.08. The Morgan fingerprint density at radius 1 is 0.778 bits per heavy atom. The number of hydrogen-bond donors (Lipinski definition) is 0. The van der Waals surface area contributed by atoms with E-state index in [0.29, 0.717) is 0 Å². The van der Waals surface area contributed by atoms with Crippen LogP contribution in [0.1, 0.15) is 5.56 Å². The summed E-state index contributed by atoms with van der Waals surface area (Å²) in [5.74, 6) is 0. The number of halogens is 8. The number of benzene rings is 1. The molecule has 0 aliphatic heterocycles. The molecule has 0 fully saturated rings. The zero-order valence-corrected chi connectivity index (χ0v) is 25.6. The summed E-state index contributed by atoms with van der Waals surface area (Å²) in [6, 6.07) is 10.3. The predicted octanol–water partition coefficient (Wildman–Crippen LogP) is 8.00. The molecule has 0 nitrogen and oxygen atoms in total. The molecule has 0 atom stereocenters. The molecule has 102 valence electrons. The van der Waals surface area contributed by atoms with E-state index in [2.05, 4.69) is 130 Å². The van der Waals surface area contributed by atoms with Gasteiger partial charge in [0.05, 0.1) is 0 Å². The van der Waals surface area contributed by atoms with Crippen molar-refractivity contribution in [2.24, 2.45) is 0 Å². The van der Waals surface area contributed by atoms with Crippen molar-refractivity contribution >= 4 is 128 Å². The van der Waals surface area contributed by atoms with E-state index in [4.69, 9.17) is 0 Å². The average molecular weight is 833 g/mol. The van der Waals surface area contributed by atoms with Crippen LogP contribution in [-0.4, -0.2) is 17.3 Å². The fourth-order valence-electron chi connectivity index (χ4n) is 0.534. The van der Waals surface area contributed by atoms with E-state index in [0.717, 1.165) is 0 Å². The van der Waals surface area contributed by atoms with Crippen molar-refractivity contribution in [1.29, 1.82) is 0 Å². The van der Waals surface area contributed by atoms with Crippen LogP contribution in [0.3, 0.4) is 0 Å². The first-order chi connectivity index (χ1) is 8.27. The summed E-state index contributed by atoms with van der Waals surface area (Å²) in [7, 11) is -1.40. The van der Waals surface area contributed by atoms with Crippen LogP contribution in [0.2, 0.25) is 0 Å². The Bertz CT molecular complexity index is 227. The van der Waals surface area contributed by atoms with Gasteiger partial charge in [-0.05, 0) is 6.92 Å². The molecule has 1 aromatic carbocycles. The summed E-state index contributed by atoms with van der Waals surface area (Å²) in [4.78, 5) is 0. The van der Waals surface area contributed by atoms with Gasteiger partial charge in [0.15, 0.2) is 0 Å². The predicted molar refractivity (Wildman–Crippen MR) is 114 cm³/mol. The third kappa shape index (κ3) is 49.8. The Balaban J connectivity index is -0.000000180. The van der Waals surface area contributed by atoms with Crippen LogP contribution in [-0.2, 0) is 15.0 Å². The van der Waals surface area contributed by atoms with Crippen LogP contribution in [0.4, 0.5) is 0 Å². The van der Waals surface area contributed by atoms with Crippen molar-refractivity contribution in [3.8, 4) is 0 Å². The standard InChI is InChI=1S/C7H8.2Al.8BrH.Ti/c1-7-5-3-2-4-6-7;;;;;;;;;;;/h2-6H,1H3;;;8*1H;/q;2*+3;;;;;;;;;+2/p-8. The second-order valence-electron chi connectivity index (χ2n) is 2.22. The van der Waals surface area contributed by atoms with Gasteiger partial charge in [-0.3, -0.25) is 0 Å². The van der Waals surface area contributed by atoms with Gasteiger partial charge in [-0.15, -0.1) is 0 Å². The van der Waals surface area contributed by atoms with Gasteiger partial charge < -0.3 is 0 Å². The zero-order valence-electron chi connectivity index (χ0n) is 9.07. The van der Waals surface area contributed by atoms with E-state index >= 15 is 0 Å². The van der Waals surface area contributed by atoms with Crippen LogP contribution in [0.15, 0.2) is 30.3 Å². The van der Waals surface area contributed by atoms with Crippen molar-refractivity contribution in [1.82, 2.24) is 0 Å². The summed E-state index contributed by atoms with van der Waals surface area (Å²) >= 11 is 26.0. The number of hydrogen-bond acceptors (Lipinski definition) is 0. The van der Waals surface area contributed by atoms with Crippen molar-refractivity contribution in [2.75, 3.05) is 0 Å². The van der Waals surface area contributed by atoms with Gasteiger partial charge >= 0.3 is 58.6 Å². The second kappa shape index (κ2) is 24.1. The molecule has 1 aromatic rings. The van der Waals surface area contributed by atoms with Crippen LogP contribution in [0.5, 0.6) is 0 Å². The SMILES string of the molecule is Cc1ccccc1.[Br][Al]([Br])[Br].[Br][Al]([Br])[Br].[Br][Ti][Br]. The minimum atomic E-state index is -0.701. The Kier molecular flexibility index (Phi) is 37.0. The molecular weight excluding hydrogens is 825 g/mol. The first kappa shape index (κ1) is 27.7. The summed E-state index contributed by atoms with van der Waals surface area (Å²) in [5.41, 5.74) is 1.32. The fraction of sp³-hybridized carbons (Fsp3) is 0.143. The van der Waals surface area contributed by atoms with Crippen LogP contribution in [0, 0.1) is 6.92 Å². The fourth-order valence-corrected chi connectivity index (χ4v) is 0.534. The molecular formula is C7H8Al2Br8Ti. The third-order valence-corrected chi connectivity index (χ3v) is 0.940. The molecule has 0 spiro atoms. The molecule has 0 N–H and O–H groups in total. The van der Waals surface area contributed by atoms with Gasteiger partial charge in [0.25, 0.3) is 0 Å². The molecule has 0 saturated carbocycles. The van der Waals surface area contributed by atoms with Crippen molar-refractivity contribution < 1.29 is 15.0 Å². The zero-order chi connectivity index (χ0) is 15.0. The molecule has 0 aliphatic carbocycles. The first-order valence-electron chi connectivity index (χ1n) is 4.10. The second-order valence-corrected chi connectivity index (χ2v) is 49.7. The Morgan fingerprint density at radius 3 is 1.11 bits per heavy atom. The summed E-state index contributed by atoms with van der Waals surface area (Å²) < 4.78 is 0. The van der Waals surface area contributed by atoms with E-state index < -0.39 is 17.3 Å². The molecule has 0 radical (unpaired) electrons. The van der Waals surface area contributed by atoms with E-state index in [1.165, 1.54) is 5.56 Å². The maximum absolute atomic E-state index is 3.24. The molecule has 0 heterocycles. The molecule has 0 unspecified atom stereocenters. The molecule has 1 rings (SSSR count). The van der Waals surface area contributed by atoms with Crippen LogP contribution < -0.4 is 0 Å². The van der Waals surface area contributed by atoms with Crippen molar-refractivity contribution in [3.63, 3.8) is 0 Å². The normalized spacial score (nSPS) is 7.17. The van der Waals surface area contributed by atoms with Crippen LogP contribution in [0.25, 0.3) is 0 Å². The topological polar surface area (TPSA) is 0 Å². The van der Waals surface area contributed by atoms with Gasteiger partial charge in [0.2, 0.25) is 0 Å². The summed E-state index contributed by atoms with van der Waals surface area (Å²) in [5, 5.41) is 0. The third-order valence-electron chi connectivity index (χ3n) is 0.940. The minimum absolute atomic E-state index is 0.125. The van der Waals surface area contributed by atoms with Gasteiger partial charge in [-0.2, -0.15) is 84.3 Å². The van der Waals surface area contributed by atoms with Gasteiger partial charge in [0.1, 0.15) is 0 Å². The van der Waals surface area contributed by atoms with E-state index in [1.54, 1.807) is 0 Å². The van der Waals surface area contributed by atoms with Gasteiger partial charge in [-0.1, -0.05) is 35.9 Å². The van der Waals surface area contributed by atoms with E-state index in [9.17, 15) is 0 Å². The molecule has 0 aromatic heterocycles. The summed E-state index contributed by atoms with van der Waals surface area (Å²) in [6.07, 6.45) is 0. The molecule has 0 amide bonds. The molecule has 0 aliphatic rings. The monoisotopic (exact) mass is 825 g/mol. The molecule has 0 bridgehead atoms. The Morgan fingerprint density at radius 2 is 1.00 bits per heavy atom. The Hall–Kier alpha value is 4.84. The van der Waals surface area contributed by atoms with Gasteiger partial charge in [0, 0.05) is 0 Å². The molecule has 18 heavy (non-hydrogen) atoms.